The van der Waals surface area contributed by atoms with Crippen LogP contribution < -0.4 is 11.1 Å². The van der Waals surface area contributed by atoms with Crippen molar-refractivity contribution in [2.24, 2.45) is 0 Å². The molecule has 0 bridgehead atoms. The van der Waals surface area contributed by atoms with E-state index in [1.165, 1.54) is 9.75 Å². The third-order valence-electron chi connectivity index (χ3n) is 2.86. The van der Waals surface area contributed by atoms with Gasteiger partial charge in [-0.2, -0.15) is 15.0 Å². The first-order chi connectivity index (χ1) is 10.2. The molecule has 3 N–H and O–H groups in total. The number of aryl methyl sites for hydroxylation is 1. The van der Waals surface area contributed by atoms with Gasteiger partial charge in [-0.05, 0) is 18.6 Å². The zero-order valence-electron chi connectivity index (χ0n) is 11.5. The zero-order valence-corrected chi connectivity index (χ0v) is 12.3. The van der Waals surface area contributed by atoms with E-state index in [1.54, 1.807) is 34.6 Å². The standard InChI is InChI=1S/C13H15N7S/c1-2-9-3-4-10(21-9)7-16-12-17-11(14)18-13(19-12)20-6-5-15-8-20/h3-6,8H,2,7H2,1H3,(H3,14,16,17,18,19). The van der Waals surface area contributed by atoms with Crippen LogP contribution in [0.2, 0.25) is 0 Å². The van der Waals surface area contributed by atoms with E-state index in [9.17, 15) is 0 Å². The Morgan fingerprint density at radius 1 is 1.24 bits per heavy atom. The molecule has 0 radical (unpaired) electrons. The van der Waals surface area contributed by atoms with Crippen molar-refractivity contribution in [3.05, 3.63) is 40.6 Å². The maximum atomic E-state index is 5.73. The third-order valence-corrected chi connectivity index (χ3v) is 4.09. The summed E-state index contributed by atoms with van der Waals surface area (Å²) in [5.41, 5.74) is 5.73. The fourth-order valence-electron chi connectivity index (χ4n) is 1.83. The molecule has 0 saturated carbocycles. The average molecular weight is 301 g/mol. The molecule has 0 amide bonds. The van der Waals surface area contributed by atoms with E-state index in [-0.39, 0.29) is 5.95 Å². The van der Waals surface area contributed by atoms with Crippen LogP contribution in [-0.4, -0.2) is 24.5 Å². The molecule has 8 heteroatoms. The number of hydrogen-bond acceptors (Lipinski definition) is 7. The van der Waals surface area contributed by atoms with Crippen LogP contribution in [-0.2, 0) is 13.0 Å². The van der Waals surface area contributed by atoms with Gasteiger partial charge in [0.25, 0.3) is 0 Å². The van der Waals surface area contributed by atoms with Crippen molar-refractivity contribution < 1.29 is 0 Å². The molecule has 0 atom stereocenters. The normalized spacial score (nSPS) is 10.7. The van der Waals surface area contributed by atoms with Crippen LogP contribution in [0.4, 0.5) is 11.9 Å². The molecule has 0 fully saturated rings. The minimum absolute atomic E-state index is 0.177. The predicted octanol–water partition coefficient (Wildman–Crippen LogP) is 1.88. The lowest BCUT2D eigenvalue weighted by atomic mass is 10.4. The number of nitrogens with two attached hydrogens (primary N) is 1. The van der Waals surface area contributed by atoms with Gasteiger partial charge in [-0.25, -0.2) is 4.98 Å². The highest BCUT2D eigenvalue weighted by atomic mass is 32.1. The van der Waals surface area contributed by atoms with Gasteiger partial charge in [0, 0.05) is 22.1 Å². The SMILES string of the molecule is CCc1ccc(CNc2nc(N)nc(-n3ccnc3)n2)s1. The first-order valence-corrected chi connectivity index (χ1v) is 7.37. The smallest absolute Gasteiger partial charge is 0.241 e. The van der Waals surface area contributed by atoms with Crippen LogP contribution in [0.3, 0.4) is 0 Å². The molecule has 0 spiro atoms. The lowest BCUT2D eigenvalue weighted by molar-refractivity contribution is 0.897. The molecule has 3 aromatic rings. The summed E-state index contributed by atoms with van der Waals surface area (Å²) < 4.78 is 1.68. The number of rotatable bonds is 5. The number of nitrogens with zero attached hydrogens (tertiary/aromatic N) is 5. The average Bonchev–Trinajstić information content (AvgIpc) is 3.16. The highest BCUT2D eigenvalue weighted by Crippen LogP contribution is 2.18. The first-order valence-electron chi connectivity index (χ1n) is 6.56. The largest absolute Gasteiger partial charge is 0.368 e. The number of imidazole rings is 1. The second-order valence-electron chi connectivity index (χ2n) is 4.36. The van der Waals surface area contributed by atoms with Gasteiger partial charge >= 0.3 is 0 Å². The van der Waals surface area contributed by atoms with Gasteiger partial charge in [0.2, 0.25) is 17.8 Å². The van der Waals surface area contributed by atoms with Gasteiger partial charge in [-0.15, -0.1) is 11.3 Å². The quantitative estimate of drug-likeness (QED) is 0.747. The van der Waals surface area contributed by atoms with Gasteiger partial charge in [-0.1, -0.05) is 6.92 Å². The summed E-state index contributed by atoms with van der Waals surface area (Å²) in [6.45, 7) is 2.81. The van der Waals surface area contributed by atoms with Crippen LogP contribution in [0.15, 0.2) is 30.9 Å². The fraction of sp³-hybridized carbons (Fsp3) is 0.231. The maximum Gasteiger partial charge on any atom is 0.241 e. The number of nitrogens with one attached hydrogen (secondary N) is 1. The Kier molecular flexibility index (Phi) is 3.78. The molecule has 0 aliphatic carbocycles. The molecule has 7 nitrogen and oxygen atoms in total. The molecule has 3 aromatic heterocycles. The number of hydrogen-bond donors (Lipinski definition) is 2. The molecule has 3 heterocycles. The topological polar surface area (TPSA) is 94.5 Å². The van der Waals surface area contributed by atoms with E-state index in [0.717, 1.165) is 6.42 Å². The van der Waals surface area contributed by atoms with Crippen molar-refractivity contribution in [2.45, 2.75) is 19.9 Å². The first kappa shape index (κ1) is 13.5. The molecule has 21 heavy (non-hydrogen) atoms. The summed E-state index contributed by atoms with van der Waals surface area (Å²) in [4.78, 5) is 19.1. The number of thiophene rings is 1. The maximum absolute atomic E-state index is 5.73. The van der Waals surface area contributed by atoms with E-state index in [2.05, 4.69) is 44.3 Å². The third kappa shape index (κ3) is 3.16. The Bertz CT molecular complexity index is 720. The van der Waals surface area contributed by atoms with Gasteiger partial charge in [0.05, 0.1) is 6.54 Å². The van der Waals surface area contributed by atoms with Crippen molar-refractivity contribution in [1.29, 1.82) is 0 Å². The van der Waals surface area contributed by atoms with E-state index in [4.69, 9.17) is 5.73 Å². The van der Waals surface area contributed by atoms with Crippen LogP contribution in [0.5, 0.6) is 0 Å². The lowest BCUT2D eigenvalue weighted by Crippen LogP contribution is -2.10. The Balaban J connectivity index is 1.76. The summed E-state index contributed by atoms with van der Waals surface area (Å²) >= 11 is 1.78. The van der Waals surface area contributed by atoms with Crippen LogP contribution >= 0.6 is 11.3 Å². The highest BCUT2D eigenvalue weighted by Gasteiger charge is 2.06. The molecule has 108 valence electrons. The monoisotopic (exact) mass is 301 g/mol. The number of anilines is 2. The van der Waals surface area contributed by atoms with E-state index in [0.29, 0.717) is 18.4 Å². The Hall–Kier alpha value is -2.48. The molecule has 0 unspecified atom stereocenters. The number of aromatic nitrogens is 5. The summed E-state index contributed by atoms with van der Waals surface area (Å²) in [5, 5.41) is 3.18. The van der Waals surface area contributed by atoms with E-state index < -0.39 is 0 Å². The van der Waals surface area contributed by atoms with Gasteiger partial charge < -0.3 is 11.1 Å². The molecular formula is C13H15N7S. The molecule has 0 aliphatic rings. The van der Waals surface area contributed by atoms with E-state index >= 15 is 0 Å². The highest BCUT2D eigenvalue weighted by molar-refractivity contribution is 7.12. The molecule has 0 aromatic carbocycles. The minimum Gasteiger partial charge on any atom is -0.368 e. The van der Waals surface area contributed by atoms with Crippen molar-refractivity contribution in [1.82, 2.24) is 24.5 Å². The van der Waals surface area contributed by atoms with E-state index in [1.807, 2.05) is 0 Å². The van der Waals surface area contributed by atoms with Crippen LogP contribution in [0, 0.1) is 0 Å². The molecule has 0 aliphatic heterocycles. The van der Waals surface area contributed by atoms with Crippen molar-refractivity contribution in [3.8, 4) is 5.95 Å². The second-order valence-corrected chi connectivity index (χ2v) is 5.62. The minimum atomic E-state index is 0.177. The van der Waals surface area contributed by atoms with Crippen molar-refractivity contribution in [3.63, 3.8) is 0 Å². The summed E-state index contributed by atoms with van der Waals surface area (Å²) in [7, 11) is 0. The van der Waals surface area contributed by atoms with Crippen molar-refractivity contribution >= 4 is 23.2 Å². The predicted molar refractivity (Wildman–Crippen MR) is 82.4 cm³/mol. The second kappa shape index (κ2) is 5.88. The lowest BCUT2D eigenvalue weighted by Gasteiger charge is -2.06. The van der Waals surface area contributed by atoms with Gasteiger partial charge in [0.1, 0.15) is 6.33 Å². The molecule has 3 rings (SSSR count). The Labute approximate surface area is 125 Å². The zero-order chi connectivity index (χ0) is 14.7. The van der Waals surface area contributed by atoms with Crippen molar-refractivity contribution in [2.75, 3.05) is 11.1 Å². The summed E-state index contributed by atoms with van der Waals surface area (Å²) in [6.07, 6.45) is 6.08. The van der Waals surface area contributed by atoms with Crippen LogP contribution in [0.1, 0.15) is 16.7 Å². The summed E-state index contributed by atoms with van der Waals surface area (Å²) in [5.74, 6) is 1.08. The number of nitrogen functional groups attached to an aromatic ring is 1. The van der Waals surface area contributed by atoms with Gasteiger partial charge in [0.15, 0.2) is 0 Å². The molecular weight excluding hydrogens is 286 g/mol. The molecule has 0 saturated heterocycles. The summed E-state index contributed by atoms with van der Waals surface area (Å²) in [6, 6.07) is 4.25. The fourth-order valence-corrected chi connectivity index (χ4v) is 2.72. The Morgan fingerprint density at radius 3 is 2.81 bits per heavy atom. The van der Waals surface area contributed by atoms with Gasteiger partial charge in [-0.3, -0.25) is 4.57 Å². The van der Waals surface area contributed by atoms with Crippen LogP contribution in [0.25, 0.3) is 5.95 Å². The Morgan fingerprint density at radius 2 is 2.10 bits per heavy atom.